The average molecular weight is 704 g/mol. The maximum atomic E-state index is 14.0. The molecule has 0 aliphatic carbocycles. The number of benzene rings is 2. The molecule has 4 N–H and O–H groups in total. The van der Waals surface area contributed by atoms with Crippen LogP contribution < -0.4 is 10.8 Å². The van der Waals surface area contributed by atoms with Gasteiger partial charge in [-0.2, -0.15) is 0 Å². The first-order valence-corrected chi connectivity index (χ1v) is 18.0. The number of fused-ring (bicyclic) bond motifs is 1. The fourth-order valence-corrected chi connectivity index (χ4v) is 7.77. The maximum Gasteiger partial charge on any atom is 0.410 e. The Kier molecular flexibility index (Phi) is 11.7. The molecule has 2 aromatic carbocycles. The molecule has 1 atom stereocenters. The topological polar surface area (TPSA) is 158 Å². The largest absolute Gasteiger partial charge is 0.507 e. The molecule has 0 unspecified atom stereocenters. The molecule has 51 heavy (non-hydrogen) atoms. The standard InChI is InChI=1S/C37H49N7O7/c1-2-27-23-26(7-8-32(27)45)24-33(35(47)42-21-19-41(20-22-42)29-10-14-40(15-11-29)25-34(46)39-50)51-37(49)43-16-12-30(13-17-43)44-18-9-28-5-3-4-6-31(28)38-36(44)48/h2-8,23,29-30,33,45,50H,1,9-22,24-25H2,(H,38,48)(H,39,46)/t33-/m1/s1. The molecule has 4 aliphatic heterocycles. The number of likely N-dealkylation sites (tertiary alicyclic amines) is 2. The van der Waals surface area contributed by atoms with E-state index in [9.17, 15) is 24.3 Å². The van der Waals surface area contributed by atoms with E-state index in [0.29, 0.717) is 70.3 Å². The Morgan fingerprint density at radius 1 is 0.922 bits per heavy atom. The molecule has 3 saturated heterocycles. The minimum absolute atomic E-state index is 0.0151. The summed E-state index contributed by atoms with van der Waals surface area (Å²) in [6.45, 7) is 9.24. The Morgan fingerprint density at radius 2 is 1.63 bits per heavy atom. The Morgan fingerprint density at radius 3 is 2.33 bits per heavy atom. The van der Waals surface area contributed by atoms with Crippen molar-refractivity contribution >= 4 is 35.7 Å². The number of piperidine rings is 2. The number of urea groups is 1. The molecular formula is C37H49N7O7. The van der Waals surface area contributed by atoms with Gasteiger partial charge in [0.15, 0.2) is 6.10 Å². The smallest absolute Gasteiger partial charge is 0.410 e. The third-order valence-electron chi connectivity index (χ3n) is 10.7. The van der Waals surface area contributed by atoms with E-state index in [2.05, 4.69) is 16.8 Å². The molecule has 0 radical (unpaired) electrons. The van der Waals surface area contributed by atoms with Crippen molar-refractivity contribution in [2.75, 3.05) is 70.8 Å². The molecule has 0 bridgehead atoms. The molecule has 2 aromatic rings. The monoisotopic (exact) mass is 703 g/mol. The van der Waals surface area contributed by atoms with Gasteiger partial charge in [-0.15, -0.1) is 0 Å². The van der Waals surface area contributed by atoms with Crippen LogP contribution in [0.25, 0.3) is 6.08 Å². The SMILES string of the molecule is C=Cc1cc(C[C@@H](OC(=O)N2CCC(N3CCc4ccccc4NC3=O)CC2)C(=O)N2CCN(C3CCN(CC(=O)NO)CC3)CC2)ccc1O. The van der Waals surface area contributed by atoms with Crippen molar-refractivity contribution < 1.29 is 34.2 Å². The summed E-state index contributed by atoms with van der Waals surface area (Å²) >= 11 is 0. The van der Waals surface area contributed by atoms with Gasteiger partial charge in [0.25, 0.3) is 11.8 Å². The van der Waals surface area contributed by atoms with Gasteiger partial charge < -0.3 is 29.9 Å². The number of para-hydroxylation sites is 1. The van der Waals surface area contributed by atoms with Gasteiger partial charge in [-0.25, -0.2) is 15.1 Å². The van der Waals surface area contributed by atoms with Crippen molar-refractivity contribution in [1.82, 2.24) is 30.0 Å². The van der Waals surface area contributed by atoms with Crippen molar-refractivity contribution in [3.63, 3.8) is 0 Å². The van der Waals surface area contributed by atoms with Crippen LogP contribution in [0.5, 0.6) is 5.75 Å². The second-order valence-electron chi connectivity index (χ2n) is 13.8. The summed E-state index contributed by atoms with van der Waals surface area (Å²) in [7, 11) is 0. The Labute approximate surface area is 298 Å². The third kappa shape index (κ3) is 8.81. The van der Waals surface area contributed by atoms with E-state index in [4.69, 9.17) is 9.94 Å². The molecule has 4 heterocycles. The molecule has 0 aromatic heterocycles. The fraction of sp³-hybridized carbons (Fsp3) is 0.514. The maximum absolute atomic E-state index is 14.0. The molecular weight excluding hydrogens is 654 g/mol. The molecule has 14 nitrogen and oxygen atoms in total. The van der Waals surface area contributed by atoms with Gasteiger partial charge in [0.1, 0.15) is 5.75 Å². The quantitative estimate of drug-likeness (QED) is 0.228. The van der Waals surface area contributed by atoms with Crippen LogP contribution >= 0.6 is 0 Å². The Bertz CT molecular complexity index is 1580. The molecule has 6 rings (SSSR count). The lowest BCUT2D eigenvalue weighted by molar-refractivity contribution is -0.143. The molecule has 0 spiro atoms. The van der Waals surface area contributed by atoms with Crippen LogP contribution in [-0.4, -0.2) is 142 Å². The van der Waals surface area contributed by atoms with Gasteiger partial charge in [0, 0.05) is 88.7 Å². The lowest BCUT2D eigenvalue weighted by atomic mass is 10.0. The summed E-state index contributed by atoms with van der Waals surface area (Å²) in [6.07, 6.45) is 3.84. The van der Waals surface area contributed by atoms with E-state index in [-0.39, 0.29) is 36.7 Å². The predicted octanol–water partition coefficient (Wildman–Crippen LogP) is 2.75. The number of amides is 5. The number of ether oxygens (including phenoxy) is 1. The van der Waals surface area contributed by atoms with Gasteiger partial charge >= 0.3 is 12.1 Å². The highest BCUT2D eigenvalue weighted by Crippen LogP contribution is 2.26. The minimum atomic E-state index is -1.06. The van der Waals surface area contributed by atoms with Crippen molar-refractivity contribution in [1.29, 1.82) is 0 Å². The Balaban J connectivity index is 1.05. The normalized spacial score (nSPS) is 20.2. The zero-order valence-corrected chi connectivity index (χ0v) is 29.0. The number of phenolic OH excluding ortho intramolecular Hbond substituents is 1. The Hall–Kier alpha value is -4.66. The van der Waals surface area contributed by atoms with Crippen LogP contribution in [-0.2, 0) is 27.2 Å². The van der Waals surface area contributed by atoms with Crippen molar-refractivity contribution in [2.45, 2.75) is 56.7 Å². The van der Waals surface area contributed by atoms with Crippen molar-refractivity contribution in [3.8, 4) is 5.75 Å². The van der Waals surface area contributed by atoms with E-state index < -0.39 is 18.1 Å². The highest BCUT2D eigenvalue weighted by atomic mass is 16.6. The molecule has 0 saturated carbocycles. The number of carbonyl (C=O) groups is 4. The second-order valence-corrected chi connectivity index (χ2v) is 13.8. The molecule has 3 fully saturated rings. The number of anilines is 1. The molecule has 14 heteroatoms. The average Bonchev–Trinajstić information content (AvgIpc) is 3.33. The van der Waals surface area contributed by atoms with Crippen LogP contribution in [0.4, 0.5) is 15.3 Å². The van der Waals surface area contributed by atoms with E-state index in [1.807, 2.05) is 34.1 Å². The van der Waals surface area contributed by atoms with Crippen LogP contribution in [0.2, 0.25) is 0 Å². The third-order valence-corrected chi connectivity index (χ3v) is 10.7. The zero-order chi connectivity index (χ0) is 35.9. The molecule has 5 amide bonds. The van der Waals surface area contributed by atoms with Gasteiger partial charge in [-0.3, -0.25) is 24.6 Å². The van der Waals surface area contributed by atoms with E-state index in [1.165, 1.54) is 0 Å². The first-order valence-electron chi connectivity index (χ1n) is 18.0. The fourth-order valence-electron chi connectivity index (χ4n) is 7.77. The number of rotatable bonds is 9. The first-order chi connectivity index (χ1) is 24.7. The predicted molar refractivity (Wildman–Crippen MR) is 190 cm³/mol. The highest BCUT2D eigenvalue weighted by molar-refractivity contribution is 5.91. The van der Waals surface area contributed by atoms with Gasteiger partial charge in [-0.1, -0.05) is 36.9 Å². The van der Waals surface area contributed by atoms with E-state index >= 15 is 0 Å². The number of aromatic hydroxyl groups is 1. The zero-order valence-electron chi connectivity index (χ0n) is 29.0. The number of carbonyl (C=O) groups excluding carboxylic acids is 4. The summed E-state index contributed by atoms with van der Waals surface area (Å²) in [5.41, 5.74) is 4.90. The lowest BCUT2D eigenvalue weighted by Gasteiger charge is -2.43. The van der Waals surface area contributed by atoms with Crippen LogP contribution in [0, 0.1) is 0 Å². The summed E-state index contributed by atoms with van der Waals surface area (Å²) in [4.78, 5) is 62.0. The van der Waals surface area contributed by atoms with Gasteiger partial charge in [0.2, 0.25) is 0 Å². The second kappa shape index (κ2) is 16.6. The molecule has 4 aliphatic rings. The summed E-state index contributed by atoms with van der Waals surface area (Å²) in [5, 5.41) is 22.0. The number of phenols is 1. The van der Waals surface area contributed by atoms with Crippen LogP contribution in [0.3, 0.4) is 0 Å². The van der Waals surface area contributed by atoms with Crippen molar-refractivity contribution in [2.24, 2.45) is 0 Å². The van der Waals surface area contributed by atoms with E-state index in [0.717, 1.165) is 49.2 Å². The number of nitrogens with zero attached hydrogens (tertiary/aromatic N) is 5. The molecule has 274 valence electrons. The summed E-state index contributed by atoms with van der Waals surface area (Å²) in [6, 6.07) is 13.1. The number of piperazine rings is 1. The number of hydrogen-bond donors (Lipinski definition) is 4. The number of hydrogen-bond acceptors (Lipinski definition) is 9. The van der Waals surface area contributed by atoms with E-state index in [1.54, 1.807) is 39.6 Å². The van der Waals surface area contributed by atoms with Gasteiger partial charge in [-0.05, 0) is 61.4 Å². The number of nitrogens with one attached hydrogen (secondary N) is 2. The van der Waals surface area contributed by atoms with Crippen molar-refractivity contribution in [3.05, 3.63) is 65.7 Å². The lowest BCUT2D eigenvalue weighted by Crippen LogP contribution is -2.57. The minimum Gasteiger partial charge on any atom is -0.507 e. The summed E-state index contributed by atoms with van der Waals surface area (Å²) in [5.74, 6) is -0.587. The number of hydroxylamine groups is 1. The van der Waals surface area contributed by atoms with Gasteiger partial charge in [0.05, 0.1) is 6.54 Å². The summed E-state index contributed by atoms with van der Waals surface area (Å²) < 4.78 is 6.02. The highest BCUT2D eigenvalue weighted by Gasteiger charge is 2.36. The van der Waals surface area contributed by atoms with Crippen LogP contribution in [0.15, 0.2) is 49.0 Å². The first kappa shape index (κ1) is 36.1. The van der Waals surface area contributed by atoms with Crippen LogP contribution in [0.1, 0.15) is 42.4 Å².